The van der Waals surface area contributed by atoms with Crippen molar-refractivity contribution in [3.05, 3.63) is 0 Å². The van der Waals surface area contributed by atoms with E-state index in [1.165, 1.54) is 0 Å². The molecule has 0 bridgehead atoms. The Morgan fingerprint density at radius 3 is 2.04 bits per heavy atom. The average molecular weight is 392 g/mol. The predicted octanol–water partition coefficient (Wildman–Crippen LogP) is 1.25. The summed E-state index contributed by atoms with van der Waals surface area (Å²) in [6, 6.07) is 0. The van der Waals surface area contributed by atoms with E-state index in [4.69, 9.17) is 23.7 Å². The summed E-state index contributed by atoms with van der Waals surface area (Å²) in [6.07, 6.45) is -4.36. The van der Waals surface area contributed by atoms with E-state index in [-0.39, 0.29) is 0 Å². The third kappa shape index (κ3) is 3.66. The molecule has 0 saturated carbocycles. The van der Waals surface area contributed by atoms with Gasteiger partial charge >= 0.3 is 15.6 Å². The highest BCUT2D eigenvalue weighted by atomic mass is 32.2. The van der Waals surface area contributed by atoms with E-state index in [1.54, 1.807) is 27.7 Å². The minimum atomic E-state index is -5.75. The van der Waals surface area contributed by atoms with Crippen molar-refractivity contribution in [2.45, 2.75) is 75.5 Å². The SMILES string of the molecule is CC1(C)O[C@H]2OC(COS(=O)(=O)C(F)(F)F)[C@@H]3OC(C)(C)O[C@@H]3[C@H]2O1. The first-order valence-electron chi connectivity index (χ1n) is 7.53. The molecule has 0 aromatic heterocycles. The zero-order valence-electron chi connectivity index (χ0n) is 13.9. The monoisotopic (exact) mass is 392 g/mol. The quantitative estimate of drug-likeness (QED) is 0.524. The van der Waals surface area contributed by atoms with Crippen LogP contribution in [0.25, 0.3) is 0 Å². The molecular weight excluding hydrogens is 373 g/mol. The lowest BCUT2D eigenvalue weighted by Gasteiger charge is -2.36. The lowest BCUT2D eigenvalue weighted by Crippen LogP contribution is -2.56. The lowest BCUT2D eigenvalue weighted by molar-refractivity contribution is -0.238. The third-order valence-corrected chi connectivity index (χ3v) is 4.94. The second kappa shape index (κ2) is 5.75. The summed E-state index contributed by atoms with van der Waals surface area (Å²) in [4.78, 5) is 0. The van der Waals surface area contributed by atoms with E-state index in [0.29, 0.717) is 0 Å². The second-order valence-electron chi connectivity index (χ2n) is 6.89. The topological polar surface area (TPSA) is 89.5 Å². The maximum absolute atomic E-state index is 12.4. The average Bonchev–Trinajstić information content (AvgIpc) is 2.89. The molecule has 25 heavy (non-hydrogen) atoms. The summed E-state index contributed by atoms with van der Waals surface area (Å²) in [7, 11) is -5.75. The Hall–Kier alpha value is -0.500. The van der Waals surface area contributed by atoms with E-state index >= 15 is 0 Å². The Balaban J connectivity index is 1.78. The fourth-order valence-corrected chi connectivity index (χ4v) is 3.50. The van der Waals surface area contributed by atoms with Crippen LogP contribution in [0.5, 0.6) is 0 Å². The number of fused-ring (bicyclic) bond motifs is 3. The number of halogens is 3. The molecule has 0 amide bonds. The summed E-state index contributed by atoms with van der Waals surface area (Å²) in [5.74, 6) is -2.05. The first kappa shape index (κ1) is 19.3. The van der Waals surface area contributed by atoms with Gasteiger partial charge in [0, 0.05) is 0 Å². The predicted molar refractivity (Wildman–Crippen MR) is 73.4 cm³/mol. The van der Waals surface area contributed by atoms with Crippen LogP contribution in [0, 0.1) is 0 Å². The molecule has 0 aromatic rings. The van der Waals surface area contributed by atoms with Gasteiger partial charge in [-0.05, 0) is 27.7 Å². The molecule has 3 aliphatic heterocycles. The molecule has 1 unspecified atom stereocenters. The first-order valence-corrected chi connectivity index (χ1v) is 8.94. The minimum absolute atomic E-state index is 0.669. The highest BCUT2D eigenvalue weighted by Crippen LogP contribution is 2.44. The molecule has 3 aliphatic rings. The Morgan fingerprint density at radius 2 is 1.44 bits per heavy atom. The van der Waals surface area contributed by atoms with Crippen LogP contribution >= 0.6 is 0 Å². The molecule has 3 fully saturated rings. The van der Waals surface area contributed by atoms with E-state index in [0.717, 1.165) is 0 Å². The van der Waals surface area contributed by atoms with Gasteiger partial charge in [-0.2, -0.15) is 21.6 Å². The van der Waals surface area contributed by atoms with Crippen molar-refractivity contribution in [3.8, 4) is 0 Å². The second-order valence-corrected chi connectivity index (χ2v) is 8.50. The number of hydrogen-bond donors (Lipinski definition) is 0. The van der Waals surface area contributed by atoms with Crippen LogP contribution in [0.4, 0.5) is 13.2 Å². The van der Waals surface area contributed by atoms with Crippen molar-refractivity contribution < 1.29 is 49.5 Å². The fourth-order valence-electron chi connectivity index (χ4n) is 3.05. The van der Waals surface area contributed by atoms with Gasteiger partial charge in [0.05, 0.1) is 6.61 Å². The smallest absolute Gasteiger partial charge is 0.342 e. The normalized spacial score (nSPS) is 39.9. The van der Waals surface area contributed by atoms with Crippen molar-refractivity contribution in [2.75, 3.05) is 6.61 Å². The summed E-state index contributed by atoms with van der Waals surface area (Å²) in [5, 5.41) is 0. The van der Waals surface area contributed by atoms with Gasteiger partial charge in [-0.25, -0.2) is 0 Å². The van der Waals surface area contributed by atoms with Gasteiger partial charge in [0.25, 0.3) is 0 Å². The molecule has 12 heteroatoms. The molecule has 8 nitrogen and oxygen atoms in total. The number of rotatable bonds is 3. The van der Waals surface area contributed by atoms with Crippen molar-refractivity contribution in [2.24, 2.45) is 0 Å². The van der Waals surface area contributed by atoms with Gasteiger partial charge in [0.15, 0.2) is 17.9 Å². The van der Waals surface area contributed by atoms with Gasteiger partial charge in [0.1, 0.15) is 24.4 Å². The third-order valence-electron chi connectivity index (χ3n) is 3.92. The van der Waals surface area contributed by atoms with Crippen molar-refractivity contribution in [3.63, 3.8) is 0 Å². The Kier molecular flexibility index (Phi) is 4.43. The fraction of sp³-hybridized carbons (Fsp3) is 1.00. The van der Waals surface area contributed by atoms with E-state index < -0.39 is 64.5 Å². The van der Waals surface area contributed by atoms with E-state index in [2.05, 4.69) is 4.18 Å². The van der Waals surface area contributed by atoms with Crippen LogP contribution in [-0.2, 0) is 38.0 Å². The van der Waals surface area contributed by atoms with Crippen molar-refractivity contribution in [1.29, 1.82) is 0 Å². The maximum Gasteiger partial charge on any atom is 0.523 e. The van der Waals surface area contributed by atoms with E-state index in [9.17, 15) is 21.6 Å². The van der Waals surface area contributed by atoms with Crippen LogP contribution in [0.3, 0.4) is 0 Å². The highest BCUT2D eigenvalue weighted by molar-refractivity contribution is 7.87. The van der Waals surface area contributed by atoms with Crippen LogP contribution in [0.2, 0.25) is 0 Å². The van der Waals surface area contributed by atoms with Gasteiger partial charge < -0.3 is 23.7 Å². The van der Waals surface area contributed by atoms with Gasteiger partial charge in [0.2, 0.25) is 0 Å². The standard InChI is InChI=1S/C13H19F3O8S/c1-11(2)21-7-6(5-19-25(17,18)13(14,15)16)20-10-9(8(7)22-11)23-12(3,4)24-10/h6-10H,5H2,1-4H3/t6?,7-,8-,9+,10+/m0/s1. The van der Waals surface area contributed by atoms with Crippen LogP contribution < -0.4 is 0 Å². The molecule has 146 valence electrons. The molecule has 5 atom stereocenters. The molecule has 0 aliphatic carbocycles. The van der Waals surface area contributed by atoms with Gasteiger partial charge in [-0.1, -0.05) is 0 Å². The molecule has 3 saturated heterocycles. The van der Waals surface area contributed by atoms with Crippen molar-refractivity contribution >= 4 is 10.1 Å². The Morgan fingerprint density at radius 1 is 0.920 bits per heavy atom. The minimum Gasteiger partial charge on any atom is -0.342 e. The molecule has 3 rings (SSSR count). The lowest BCUT2D eigenvalue weighted by atomic mass is 9.99. The largest absolute Gasteiger partial charge is 0.523 e. The zero-order chi connectivity index (χ0) is 18.8. The van der Waals surface area contributed by atoms with Crippen LogP contribution in [-0.4, -0.2) is 62.8 Å². The summed E-state index contributed by atoms with van der Waals surface area (Å²) in [5.41, 5.74) is -5.52. The van der Waals surface area contributed by atoms with Crippen LogP contribution in [0.15, 0.2) is 0 Å². The summed E-state index contributed by atoms with van der Waals surface area (Å²) < 4.78 is 91.9. The molecule has 0 spiro atoms. The summed E-state index contributed by atoms with van der Waals surface area (Å²) >= 11 is 0. The number of ether oxygens (including phenoxy) is 5. The molecular formula is C13H19F3O8S. The van der Waals surface area contributed by atoms with Crippen LogP contribution in [0.1, 0.15) is 27.7 Å². The molecule has 0 N–H and O–H groups in total. The highest BCUT2D eigenvalue weighted by Gasteiger charge is 2.61. The molecule has 0 radical (unpaired) electrons. The van der Waals surface area contributed by atoms with E-state index in [1.807, 2.05) is 0 Å². The Bertz CT molecular complexity index is 632. The molecule has 0 aromatic carbocycles. The number of hydrogen-bond acceptors (Lipinski definition) is 8. The zero-order valence-corrected chi connectivity index (χ0v) is 14.7. The first-order chi connectivity index (χ1) is 11.2. The van der Waals surface area contributed by atoms with Gasteiger partial charge in [-0.3, -0.25) is 4.18 Å². The van der Waals surface area contributed by atoms with Gasteiger partial charge in [-0.15, -0.1) is 0 Å². The molecule has 3 heterocycles. The Labute approximate surface area is 142 Å². The number of alkyl halides is 3. The van der Waals surface area contributed by atoms with Crippen molar-refractivity contribution in [1.82, 2.24) is 0 Å². The maximum atomic E-state index is 12.4. The summed E-state index contributed by atoms with van der Waals surface area (Å²) in [6.45, 7) is 5.63.